The average molecular weight is 270 g/mol. The van der Waals surface area contributed by atoms with Crippen LogP contribution in [0, 0.1) is 0 Å². The number of rotatable bonds is 3. The second-order valence-electron chi connectivity index (χ2n) is 5.75. The number of pyridine rings is 1. The normalized spacial score (nSPS) is 12.2. The van der Waals surface area contributed by atoms with Crippen molar-refractivity contribution in [3.8, 4) is 5.82 Å². The molecule has 3 heterocycles. The van der Waals surface area contributed by atoms with Crippen molar-refractivity contribution in [2.45, 2.75) is 32.9 Å². The van der Waals surface area contributed by atoms with Gasteiger partial charge in [0, 0.05) is 18.3 Å². The van der Waals surface area contributed by atoms with Crippen molar-refractivity contribution >= 4 is 5.65 Å². The monoisotopic (exact) mass is 270 g/mol. The third-order valence-electron chi connectivity index (χ3n) is 3.03. The van der Waals surface area contributed by atoms with Gasteiger partial charge in [-0.1, -0.05) is 6.07 Å². The van der Waals surface area contributed by atoms with Crippen molar-refractivity contribution in [3.63, 3.8) is 0 Å². The summed E-state index contributed by atoms with van der Waals surface area (Å²) in [5, 5.41) is 7.69. The lowest BCUT2D eigenvalue weighted by molar-refractivity contribution is 0.420. The summed E-state index contributed by atoms with van der Waals surface area (Å²) in [6.45, 7) is 7.14. The van der Waals surface area contributed by atoms with Gasteiger partial charge in [0.1, 0.15) is 18.3 Å². The summed E-state index contributed by atoms with van der Waals surface area (Å²) in [4.78, 5) is 8.64. The first-order valence-corrected chi connectivity index (χ1v) is 6.60. The third-order valence-corrected chi connectivity index (χ3v) is 3.03. The molecular weight excluding hydrogens is 252 g/mol. The Morgan fingerprint density at radius 2 is 2.10 bits per heavy atom. The van der Waals surface area contributed by atoms with Crippen molar-refractivity contribution in [2.24, 2.45) is 0 Å². The zero-order valence-corrected chi connectivity index (χ0v) is 11.9. The molecule has 0 aliphatic carbocycles. The van der Waals surface area contributed by atoms with Crippen LogP contribution in [0.25, 0.3) is 11.5 Å². The van der Waals surface area contributed by atoms with Crippen LogP contribution in [-0.4, -0.2) is 29.7 Å². The zero-order chi connectivity index (χ0) is 14.2. The molecule has 0 aromatic carbocycles. The highest BCUT2D eigenvalue weighted by Crippen LogP contribution is 2.16. The van der Waals surface area contributed by atoms with Gasteiger partial charge < -0.3 is 9.72 Å². The quantitative estimate of drug-likeness (QED) is 0.788. The van der Waals surface area contributed by atoms with E-state index in [1.54, 1.807) is 11.0 Å². The Labute approximate surface area is 117 Å². The lowest BCUT2D eigenvalue weighted by Gasteiger charge is -2.20. The molecule has 0 fully saturated rings. The molecule has 0 atom stereocenters. The predicted octanol–water partition coefficient (Wildman–Crippen LogP) is 1.80. The maximum absolute atomic E-state index is 4.64. The van der Waals surface area contributed by atoms with E-state index in [1.807, 2.05) is 24.4 Å². The summed E-state index contributed by atoms with van der Waals surface area (Å²) in [5.74, 6) is 0.811. The molecule has 0 bridgehead atoms. The highest BCUT2D eigenvalue weighted by molar-refractivity contribution is 5.48. The number of hydrogen-bond donors (Lipinski definition) is 1. The van der Waals surface area contributed by atoms with E-state index in [0.717, 1.165) is 17.2 Å². The molecule has 0 radical (unpaired) electrons. The Morgan fingerprint density at radius 3 is 2.80 bits per heavy atom. The van der Waals surface area contributed by atoms with Crippen LogP contribution < -0.4 is 5.32 Å². The maximum Gasteiger partial charge on any atom is 0.178 e. The summed E-state index contributed by atoms with van der Waals surface area (Å²) in [6, 6.07) is 5.97. The molecule has 6 heteroatoms. The minimum Gasteiger partial charge on any atom is -0.306 e. The average Bonchev–Trinajstić information content (AvgIpc) is 3.02. The van der Waals surface area contributed by atoms with E-state index in [4.69, 9.17) is 0 Å². The van der Waals surface area contributed by atoms with Crippen LogP contribution in [-0.2, 0) is 6.54 Å². The largest absolute Gasteiger partial charge is 0.306 e. The fourth-order valence-corrected chi connectivity index (χ4v) is 2.05. The van der Waals surface area contributed by atoms with E-state index in [9.17, 15) is 0 Å². The van der Waals surface area contributed by atoms with Gasteiger partial charge in [0.2, 0.25) is 0 Å². The van der Waals surface area contributed by atoms with Gasteiger partial charge in [-0.15, -0.1) is 0 Å². The second-order valence-corrected chi connectivity index (χ2v) is 5.75. The summed E-state index contributed by atoms with van der Waals surface area (Å²) in [5.41, 5.74) is 2.02. The molecule has 1 N–H and O–H groups in total. The lowest BCUT2D eigenvalue weighted by Crippen LogP contribution is -2.35. The van der Waals surface area contributed by atoms with Gasteiger partial charge >= 0.3 is 0 Å². The number of aromatic nitrogens is 5. The first kappa shape index (κ1) is 12.8. The topological polar surface area (TPSA) is 60.0 Å². The fourth-order valence-electron chi connectivity index (χ4n) is 2.05. The standard InChI is InChI=1S/C14H18N6/c1-14(2,3)16-8-11-13(20-10-15-9-17-20)18-12-6-4-5-7-19(11)12/h4-7,9-10,16H,8H2,1-3H3. The summed E-state index contributed by atoms with van der Waals surface area (Å²) in [7, 11) is 0. The second kappa shape index (κ2) is 4.72. The summed E-state index contributed by atoms with van der Waals surface area (Å²) in [6.07, 6.45) is 5.20. The number of nitrogens with one attached hydrogen (secondary N) is 1. The molecule has 0 unspecified atom stereocenters. The molecule has 3 rings (SSSR count). The Hall–Kier alpha value is -2.21. The van der Waals surface area contributed by atoms with Gasteiger partial charge in [-0.3, -0.25) is 0 Å². The SMILES string of the molecule is CC(C)(C)NCc1c(-n2cncn2)nc2ccccn12. The molecule has 0 aliphatic rings. The first-order chi connectivity index (χ1) is 9.54. The van der Waals surface area contributed by atoms with Gasteiger partial charge in [-0.25, -0.2) is 14.6 Å². The van der Waals surface area contributed by atoms with Crippen molar-refractivity contribution in [2.75, 3.05) is 0 Å². The molecule has 20 heavy (non-hydrogen) atoms. The Morgan fingerprint density at radius 1 is 1.25 bits per heavy atom. The highest BCUT2D eigenvalue weighted by Gasteiger charge is 2.16. The van der Waals surface area contributed by atoms with Crippen LogP contribution in [0.4, 0.5) is 0 Å². The van der Waals surface area contributed by atoms with E-state index >= 15 is 0 Å². The number of fused-ring (bicyclic) bond motifs is 1. The van der Waals surface area contributed by atoms with Crippen LogP contribution in [0.2, 0.25) is 0 Å². The van der Waals surface area contributed by atoms with Gasteiger partial charge in [0.05, 0.1) is 5.69 Å². The highest BCUT2D eigenvalue weighted by atomic mass is 15.4. The summed E-state index contributed by atoms with van der Waals surface area (Å²) < 4.78 is 3.78. The first-order valence-electron chi connectivity index (χ1n) is 6.60. The number of nitrogens with zero attached hydrogens (tertiary/aromatic N) is 5. The Bertz CT molecular complexity index is 705. The third kappa shape index (κ3) is 2.42. The molecule has 0 saturated carbocycles. The smallest absolute Gasteiger partial charge is 0.178 e. The molecule has 0 amide bonds. The number of imidazole rings is 1. The van der Waals surface area contributed by atoms with Gasteiger partial charge in [-0.05, 0) is 32.9 Å². The minimum atomic E-state index is 0.0402. The number of hydrogen-bond acceptors (Lipinski definition) is 4. The molecule has 6 nitrogen and oxygen atoms in total. The van der Waals surface area contributed by atoms with E-state index < -0.39 is 0 Å². The van der Waals surface area contributed by atoms with Gasteiger partial charge in [0.15, 0.2) is 5.82 Å². The van der Waals surface area contributed by atoms with E-state index in [0.29, 0.717) is 6.54 Å². The van der Waals surface area contributed by atoms with E-state index in [1.165, 1.54) is 6.33 Å². The van der Waals surface area contributed by atoms with Crippen LogP contribution in [0.15, 0.2) is 37.1 Å². The molecule has 0 aliphatic heterocycles. The Balaban J connectivity index is 2.09. The van der Waals surface area contributed by atoms with Gasteiger partial charge in [0.25, 0.3) is 0 Å². The van der Waals surface area contributed by atoms with Crippen LogP contribution in [0.1, 0.15) is 26.5 Å². The van der Waals surface area contributed by atoms with Crippen molar-refractivity contribution < 1.29 is 0 Å². The summed E-state index contributed by atoms with van der Waals surface area (Å²) >= 11 is 0. The van der Waals surface area contributed by atoms with Crippen LogP contribution in [0.3, 0.4) is 0 Å². The van der Waals surface area contributed by atoms with Crippen LogP contribution >= 0.6 is 0 Å². The van der Waals surface area contributed by atoms with E-state index in [-0.39, 0.29) is 5.54 Å². The lowest BCUT2D eigenvalue weighted by atomic mass is 10.1. The van der Waals surface area contributed by atoms with Crippen molar-refractivity contribution in [3.05, 3.63) is 42.7 Å². The van der Waals surface area contributed by atoms with Crippen LogP contribution in [0.5, 0.6) is 0 Å². The predicted molar refractivity (Wildman–Crippen MR) is 76.7 cm³/mol. The van der Waals surface area contributed by atoms with E-state index in [2.05, 4.69) is 45.6 Å². The van der Waals surface area contributed by atoms with Crippen molar-refractivity contribution in [1.29, 1.82) is 0 Å². The molecule has 0 saturated heterocycles. The minimum absolute atomic E-state index is 0.0402. The fraction of sp³-hybridized carbons (Fsp3) is 0.357. The molecular formula is C14H18N6. The molecule has 3 aromatic heterocycles. The molecule has 3 aromatic rings. The molecule has 104 valence electrons. The molecule has 0 spiro atoms. The maximum atomic E-state index is 4.64. The zero-order valence-electron chi connectivity index (χ0n) is 11.9. The van der Waals surface area contributed by atoms with Crippen molar-refractivity contribution in [1.82, 2.24) is 29.5 Å². The Kier molecular flexibility index (Phi) is 3.02. The van der Waals surface area contributed by atoms with Gasteiger partial charge in [-0.2, -0.15) is 5.10 Å².